The van der Waals surface area contributed by atoms with Gasteiger partial charge in [-0.05, 0) is 0 Å². The number of hydrogen-bond acceptors (Lipinski definition) is 2. The Hall–Kier alpha value is 0.444. The fraction of sp³-hybridized carbons (Fsp3) is 0.400. The van der Waals surface area contributed by atoms with Crippen molar-refractivity contribution in [1.29, 1.82) is 0 Å². The Bertz CT molecular complexity index is 31.4. The molecule has 0 aromatic rings. The smallest absolute Gasteiger partial charge is 0.542 e. The van der Waals surface area contributed by atoms with E-state index in [0.717, 1.165) is 0 Å². The van der Waals surface area contributed by atoms with E-state index in [-0.39, 0.29) is 40.1 Å². The standard InChI is InChI=1S/2C2H3O.CH3.Y/c2*1-2-3;;/h2*1H3;1H3;/q3*-1;+3. The van der Waals surface area contributed by atoms with Gasteiger partial charge in [0.2, 0.25) is 0 Å². The van der Waals surface area contributed by atoms with Crippen LogP contribution in [0, 0.1) is 7.43 Å². The summed E-state index contributed by atoms with van der Waals surface area (Å²) in [4.78, 5) is 17.4. The summed E-state index contributed by atoms with van der Waals surface area (Å²) in [5.41, 5.74) is 0. The summed E-state index contributed by atoms with van der Waals surface area (Å²) in [6.45, 7) is 2.64. The SMILES string of the molecule is C[C-]=O.C[C-]=O.[CH3-].[Y+3]. The molecule has 0 amide bonds. The summed E-state index contributed by atoms with van der Waals surface area (Å²) in [6, 6.07) is 0. The van der Waals surface area contributed by atoms with Crippen molar-refractivity contribution in [2.24, 2.45) is 0 Å². The van der Waals surface area contributed by atoms with Crippen LogP contribution in [0.15, 0.2) is 0 Å². The number of carbonyl (C=O) groups excluding carboxylic acids is 2. The van der Waals surface area contributed by atoms with E-state index >= 15 is 0 Å². The minimum atomic E-state index is 0. The molecule has 0 rings (SSSR count). The van der Waals surface area contributed by atoms with E-state index in [4.69, 9.17) is 9.59 Å². The van der Waals surface area contributed by atoms with E-state index < -0.39 is 0 Å². The fourth-order valence-electron chi connectivity index (χ4n) is 0. The van der Waals surface area contributed by atoms with E-state index in [2.05, 4.69) is 0 Å². The molecule has 0 bridgehead atoms. The summed E-state index contributed by atoms with van der Waals surface area (Å²) in [7, 11) is 0. The average Bonchev–Trinajstić information content (AvgIpc) is 1.39. The summed E-state index contributed by atoms with van der Waals surface area (Å²) in [5, 5.41) is 0. The third-order valence-corrected chi connectivity index (χ3v) is 0. The van der Waals surface area contributed by atoms with Crippen molar-refractivity contribution in [2.75, 3.05) is 0 Å². The first-order valence-electron chi connectivity index (χ1n) is 1.41. The normalized spacial score (nSPS) is 3.25. The molecule has 0 atom stereocenters. The third-order valence-electron chi connectivity index (χ3n) is 0. The van der Waals surface area contributed by atoms with Crippen LogP contribution in [0.2, 0.25) is 0 Å². The molecule has 0 aliphatic rings. The van der Waals surface area contributed by atoms with Crippen molar-refractivity contribution < 1.29 is 42.3 Å². The van der Waals surface area contributed by atoms with Gasteiger partial charge in [0.05, 0.1) is 0 Å². The van der Waals surface area contributed by atoms with Crippen LogP contribution in [-0.4, -0.2) is 12.6 Å². The fourth-order valence-corrected chi connectivity index (χ4v) is 0. The van der Waals surface area contributed by atoms with Gasteiger partial charge in [-0.15, -0.1) is 0 Å². The predicted molar refractivity (Wildman–Crippen MR) is 29.1 cm³/mol. The molecule has 44 valence electrons. The van der Waals surface area contributed by atoms with Gasteiger partial charge in [0, 0.05) is 0 Å². The van der Waals surface area contributed by atoms with E-state index in [9.17, 15) is 0 Å². The first-order valence-corrected chi connectivity index (χ1v) is 1.41. The molecule has 0 fully saturated rings. The number of hydrogen-bond donors (Lipinski definition) is 0. The second-order valence-electron chi connectivity index (χ2n) is 0.408. The molecule has 0 saturated carbocycles. The second kappa shape index (κ2) is 51.8. The Labute approximate surface area is 75.9 Å². The number of rotatable bonds is 0. The van der Waals surface area contributed by atoms with Gasteiger partial charge in [0.1, 0.15) is 0 Å². The largest absolute Gasteiger partial charge is 3.00 e. The zero-order valence-electron chi connectivity index (χ0n) is 5.39. The van der Waals surface area contributed by atoms with Gasteiger partial charge in [-0.2, -0.15) is 13.8 Å². The van der Waals surface area contributed by atoms with Crippen LogP contribution in [-0.2, 0) is 42.3 Å². The Balaban J connectivity index is -0.0000000160. The van der Waals surface area contributed by atoms with Crippen molar-refractivity contribution in [3.8, 4) is 0 Å². The van der Waals surface area contributed by atoms with Crippen LogP contribution in [0.5, 0.6) is 0 Å². The average molecular weight is 190 g/mol. The molecule has 0 spiro atoms. The van der Waals surface area contributed by atoms with E-state index in [0.29, 0.717) is 0 Å². The Kier molecular flexibility index (Phi) is 153. The van der Waals surface area contributed by atoms with E-state index in [1.165, 1.54) is 26.4 Å². The van der Waals surface area contributed by atoms with Gasteiger partial charge in [-0.25, -0.2) is 0 Å². The van der Waals surface area contributed by atoms with Crippen molar-refractivity contribution in [3.05, 3.63) is 7.43 Å². The van der Waals surface area contributed by atoms with Crippen LogP contribution in [0.25, 0.3) is 0 Å². The molecule has 0 saturated heterocycles. The molecule has 0 aliphatic heterocycles. The zero-order chi connectivity index (χ0) is 5.41. The van der Waals surface area contributed by atoms with Crippen LogP contribution < -0.4 is 0 Å². The van der Waals surface area contributed by atoms with Crippen LogP contribution in [0.4, 0.5) is 0 Å². The summed E-state index contributed by atoms with van der Waals surface area (Å²) in [6.07, 6.45) is 3.00. The third kappa shape index (κ3) is 969. The van der Waals surface area contributed by atoms with Gasteiger partial charge in [-0.3, -0.25) is 12.6 Å². The van der Waals surface area contributed by atoms with E-state index in [1.54, 1.807) is 0 Å². The molecule has 0 aliphatic carbocycles. The quantitative estimate of drug-likeness (QED) is 0.526. The maximum Gasteiger partial charge on any atom is 3.00 e. The van der Waals surface area contributed by atoms with Gasteiger partial charge in [0.25, 0.3) is 0 Å². The predicted octanol–water partition coefficient (Wildman–Crippen LogP) is 0.680. The van der Waals surface area contributed by atoms with Gasteiger partial charge >= 0.3 is 32.7 Å². The van der Waals surface area contributed by atoms with Gasteiger partial charge < -0.3 is 17.0 Å². The van der Waals surface area contributed by atoms with Crippen LogP contribution in [0.1, 0.15) is 13.8 Å². The maximum absolute atomic E-state index is 8.68. The van der Waals surface area contributed by atoms with Crippen LogP contribution in [0.3, 0.4) is 0 Å². The molecule has 2 nitrogen and oxygen atoms in total. The van der Waals surface area contributed by atoms with Crippen LogP contribution >= 0.6 is 0 Å². The van der Waals surface area contributed by atoms with Crippen molar-refractivity contribution >= 4 is 12.6 Å². The molecule has 8 heavy (non-hydrogen) atoms. The minimum Gasteiger partial charge on any atom is -0.542 e. The maximum atomic E-state index is 8.68. The monoisotopic (exact) mass is 190 g/mol. The molecular formula is C5H9O2Y. The van der Waals surface area contributed by atoms with Crippen molar-refractivity contribution in [2.45, 2.75) is 13.8 Å². The molecular weight excluding hydrogens is 181 g/mol. The Morgan fingerprint density at radius 3 is 1.00 bits per heavy atom. The molecule has 3 heteroatoms. The van der Waals surface area contributed by atoms with Crippen molar-refractivity contribution in [3.63, 3.8) is 0 Å². The minimum absolute atomic E-state index is 0. The topological polar surface area (TPSA) is 34.1 Å². The molecule has 0 heterocycles. The molecule has 0 unspecified atom stereocenters. The first-order chi connectivity index (χ1) is 2.83. The Morgan fingerprint density at radius 1 is 1.00 bits per heavy atom. The summed E-state index contributed by atoms with van der Waals surface area (Å²) < 4.78 is 0. The molecule has 0 aromatic heterocycles. The zero-order valence-corrected chi connectivity index (χ0v) is 8.23. The molecule has 0 N–H and O–H groups in total. The van der Waals surface area contributed by atoms with Gasteiger partial charge in [-0.1, -0.05) is 0 Å². The summed E-state index contributed by atoms with van der Waals surface area (Å²) >= 11 is 0. The van der Waals surface area contributed by atoms with E-state index in [1.807, 2.05) is 0 Å². The van der Waals surface area contributed by atoms with Crippen molar-refractivity contribution in [1.82, 2.24) is 0 Å². The second-order valence-corrected chi connectivity index (χ2v) is 0.408. The molecule has 0 aromatic carbocycles. The van der Waals surface area contributed by atoms with Gasteiger partial charge in [0.15, 0.2) is 0 Å². The first kappa shape index (κ1) is 23.7. The summed E-state index contributed by atoms with van der Waals surface area (Å²) in [5.74, 6) is 0. The molecule has 0 radical (unpaired) electrons. The Morgan fingerprint density at radius 2 is 1.00 bits per heavy atom.